The van der Waals surface area contributed by atoms with E-state index in [4.69, 9.17) is 26.8 Å². The molecule has 0 radical (unpaired) electrons. The van der Waals surface area contributed by atoms with E-state index < -0.39 is 25.4 Å². The number of hydrogen-bond donors (Lipinski definition) is 0. The Bertz CT molecular complexity index is 331. The van der Waals surface area contributed by atoms with Crippen molar-refractivity contribution in [3.63, 3.8) is 0 Å². The summed E-state index contributed by atoms with van der Waals surface area (Å²) in [7, 11) is -6.35. The molecule has 0 amide bonds. The summed E-state index contributed by atoms with van der Waals surface area (Å²) in [6.45, 7) is 15.3. The summed E-state index contributed by atoms with van der Waals surface area (Å²) >= 11 is 0. The van der Waals surface area contributed by atoms with E-state index in [-0.39, 0.29) is 0 Å². The maximum Gasteiger partial charge on any atom is 0.697 e. The van der Waals surface area contributed by atoms with Crippen molar-refractivity contribution in [1.29, 1.82) is 0 Å². The van der Waals surface area contributed by atoms with E-state index in [1.807, 2.05) is 40.8 Å². The fraction of sp³-hybridized carbons (Fsp3) is 1.00. The summed E-state index contributed by atoms with van der Waals surface area (Å²) in [5, 5.41) is 0. The minimum atomic E-state index is -2.13. The summed E-state index contributed by atoms with van der Waals surface area (Å²) in [5.74, 6) is 0. The molecule has 26 heavy (non-hydrogen) atoms. The van der Waals surface area contributed by atoms with Gasteiger partial charge in [-0.05, 0) is 65.7 Å². The van der Waals surface area contributed by atoms with Crippen LogP contribution in [0.2, 0.25) is 25.2 Å². The highest BCUT2D eigenvalue weighted by Crippen LogP contribution is 2.26. The fourth-order valence-electron chi connectivity index (χ4n) is 2.70. The maximum atomic E-state index is 11.8. The summed E-state index contributed by atoms with van der Waals surface area (Å²) in [5.41, 5.74) is 0. The first-order chi connectivity index (χ1) is 12.3. The molecule has 0 aromatic rings. The second kappa shape index (κ2) is 15.2. The van der Waals surface area contributed by atoms with Gasteiger partial charge in [0.2, 0.25) is 0 Å². The van der Waals surface area contributed by atoms with Crippen molar-refractivity contribution in [3.8, 4) is 0 Å². The smallest absolute Gasteiger partial charge is 0.395 e. The lowest BCUT2D eigenvalue weighted by Crippen LogP contribution is -2.38. The molecule has 0 aliphatic rings. The van der Waals surface area contributed by atoms with Crippen LogP contribution in [0.3, 0.4) is 0 Å². The van der Waals surface area contributed by atoms with Crippen LogP contribution in [-0.2, 0) is 31.3 Å². The molecule has 0 aromatic heterocycles. The van der Waals surface area contributed by atoms with Gasteiger partial charge in [-0.1, -0.05) is 0 Å². The molecule has 156 valence electrons. The average molecular weight is 430 g/mol. The van der Waals surface area contributed by atoms with E-state index in [1.54, 1.807) is 0 Å². The zero-order valence-electron chi connectivity index (χ0n) is 17.4. The molecule has 0 aliphatic carbocycles. The third-order valence-electron chi connectivity index (χ3n) is 3.74. The van der Waals surface area contributed by atoms with E-state index >= 15 is 0 Å². The van der Waals surface area contributed by atoms with Gasteiger partial charge in [0.25, 0.3) is 0 Å². The molecular formula is C16H38O7PSi2+. The van der Waals surface area contributed by atoms with Crippen LogP contribution >= 0.6 is 8.25 Å². The molecule has 0 rings (SSSR count). The molecule has 0 fully saturated rings. The Balaban J connectivity index is 3.92. The molecule has 0 spiro atoms. The van der Waals surface area contributed by atoms with Gasteiger partial charge in [0.05, 0.1) is 0 Å². The van der Waals surface area contributed by atoms with Crippen LogP contribution in [0.15, 0.2) is 0 Å². The van der Waals surface area contributed by atoms with E-state index in [1.165, 1.54) is 0 Å². The molecule has 0 N–H and O–H groups in total. The van der Waals surface area contributed by atoms with Gasteiger partial charge in [0.1, 0.15) is 13.2 Å². The normalized spacial score (nSPS) is 12.5. The predicted octanol–water partition coefficient (Wildman–Crippen LogP) is 4.75. The molecular weight excluding hydrogens is 391 g/mol. The molecule has 0 atom stereocenters. The first-order valence-corrected chi connectivity index (χ1v) is 15.8. The van der Waals surface area contributed by atoms with E-state index in [0.29, 0.717) is 39.6 Å². The largest absolute Gasteiger partial charge is 0.697 e. The van der Waals surface area contributed by atoms with Crippen molar-refractivity contribution in [1.82, 2.24) is 0 Å². The van der Waals surface area contributed by atoms with Crippen LogP contribution in [-0.4, -0.2) is 56.8 Å². The highest BCUT2D eigenvalue weighted by Gasteiger charge is 2.32. The van der Waals surface area contributed by atoms with Crippen molar-refractivity contribution in [2.45, 2.75) is 65.7 Å². The van der Waals surface area contributed by atoms with Crippen molar-refractivity contribution in [2.24, 2.45) is 0 Å². The van der Waals surface area contributed by atoms with Gasteiger partial charge in [0.15, 0.2) is 0 Å². The third kappa shape index (κ3) is 12.6. The molecule has 0 unspecified atom stereocenters. The molecule has 7 nitrogen and oxygen atoms in total. The van der Waals surface area contributed by atoms with Crippen molar-refractivity contribution >= 4 is 25.4 Å². The fourth-order valence-corrected chi connectivity index (χ4v) is 8.09. The Kier molecular flexibility index (Phi) is 15.4. The molecule has 0 heterocycles. The van der Waals surface area contributed by atoms with Crippen LogP contribution < -0.4 is 0 Å². The molecule has 10 heteroatoms. The van der Waals surface area contributed by atoms with Gasteiger partial charge < -0.3 is 17.7 Å². The van der Waals surface area contributed by atoms with Crippen LogP contribution in [0.1, 0.15) is 40.5 Å². The van der Waals surface area contributed by atoms with Gasteiger partial charge in [-0.2, -0.15) is 0 Å². The first-order valence-electron chi connectivity index (χ1n) is 9.63. The lowest BCUT2D eigenvalue weighted by Gasteiger charge is -2.25. The molecule has 0 aromatic carbocycles. The van der Waals surface area contributed by atoms with Crippen molar-refractivity contribution in [2.75, 3.05) is 39.6 Å². The Labute approximate surface area is 162 Å². The second-order valence-electron chi connectivity index (χ2n) is 6.10. The summed E-state index contributed by atoms with van der Waals surface area (Å²) < 4.78 is 45.4. The number of hydrogen-bond acceptors (Lipinski definition) is 7. The van der Waals surface area contributed by atoms with E-state index in [9.17, 15) is 4.57 Å². The Morgan fingerprint density at radius 1 is 0.654 bits per heavy atom. The minimum Gasteiger partial charge on any atom is -0.395 e. The maximum absolute atomic E-state index is 11.8. The van der Waals surface area contributed by atoms with E-state index in [2.05, 4.69) is 0 Å². The number of rotatable bonds is 18. The van der Waals surface area contributed by atoms with E-state index in [0.717, 1.165) is 24.9 Å². The summed E-state index contributed by atoms with van der Waals surface area (Å²) in [6, 6.07) is 1.62. The summed E-state index contributed by atoms with van der Waals surface area (Å²) in [4.78, 5) is 0. The van der Waals surface area contributed by atoms with Crippen LogP contribution in [0, 0.1) is 0 Å². The quantitative estimate of drug-likeness (QED) is 0.177. The zero-order valence-corrected chi connectivity index (χ0v) is 20.3. The highest BCUT2D eigenvalue weighted by atomic mass is 31.1. The molecule has 0 saturated carbocycles. The molecule has 0 bridgehead atoms. The minimum absolute atomic E-state index is 0.377. The van der Waals surface area contributed by atoms with Gasteiger partial charge in [-0.15, -0.1) is 9.05 Å². The van der Waals surface area contributed by atoms with Gasteiger partial charge in [0, 0.05) is 31.0 Å². The Hall–Kier alpha value is 0.294. The lowest BCUT2D eigenvalue weighted by molar-refractivity contribution is 0.179. The average Bonchev–Trinajstić information content (AvgIpc) is 2.57. The van der Waals surface area contributed by atoms with Crippen LogP contribution in [0.25, 0.3) is 0 Å². The molecule has 0 saturated heterocycles. The third-order valence-corrected chi connectivity index (χ3v) is 10.7. The van der Waals surface area contributed by atoms with Crippen LogP contribution in [0.5, 0.6) is 0 Å². The monoisotopic (exact) mass is 429 g/mol. The van der Waals surface area contributed by atoms with Crippen LogP contribution in [0.4, 0.5) is 0 Å². The Morgan fingerprint density at radius 2 is 0.962 bits per heavy atom. The predicted molar refractivity (Wildman–Crippen MR) is 108 cm³/mol. The second-order valence-corrected chi connectivity index (χ2v) is 13.8. The topological polar surface area (TPSA) is 72.5 Å². The lowest BCUT2D eigenvalue weighted by atomic mass is 10.5. The van der Waals surface area contributed by atoms with Gasteiger partial charge in [-0.3, -0.25) is 0 Å². The van der Waals surface area contributed by atoms with Gasteiger partial charge >= 0.3 is 25.4 Å². The molecule has 0 aliphatic heterocycles. The first kappa shape index (κ1) is 26.3. The van der Waals surface area contributed by atoms with Crippen molar-refractivity contribution < 1.29 is 31.3 Å². The zero-order chi connectivity index (χ0) is 19.9. The van der Waals surface area contributed by atoms with Gasteiger partial charge in [-0.25, -0.2) is 0 Å². The SMILES string of the molecule is CCO[Si](C)(CCCO[P+](=O)OCCC[Si](C)(OCC)OCC)OCC. The highest BCUT2D eigenvalue weighted by molar-refractivity contribution is 7.33. The Morgan fingerprint density at radius 3 is 1.23 bits per heavy atom. The summed E-state index contributed by atoms with van der Waals surface area (Å²) in [6.07, 6.45) is 1.49. The standard InChI is InChI=1S/C16H38O7PSi2/c1-7-20-25(5,21-8-2)15-11-13-18-24(17)19-14-12-16-26(6,22-9-3)23-10-4/h7-16H2,1-6H3/q+1. The van der Waals surface area contributed by atoms with Crippen molar-refractivity contribution in [3.05, 3.63) is 0 Å².